The van der Waals surface area contributed by atoms with Gasteiger partial charge in [-0.25, -0.2) is 0 Å². The van der Waals surface area contributed by atoms with Crippen molar-refractivity contribution in [2.45, 2.75) is 6.17 Å². The smallest absolute Gasteiger partial charge is 0.269 e. The molecular weight excluding hydrogens is 518 g/mol. The molecule has 2 amide bonds. The lowest BCUT2D eigenvalue weighted by Crippen LogP contribution is -2.41. The number of hydrogen-bond acceptors (Lipinski definition) is 4. The van der Waals surface area contributed by atoms with E-state index in [9.17, 15) is 19.7 Å². The molecule has 3 aromatic carbocycles. The summed E-state index contributed by atoms with van der Waals surface area (Å²) in [7, 11) is 0. The van der Waals surface area contributed by atoms with Crippen LogP contribution in [0.4, 0.5) is 5.69 Å². The van der Waals surface area contributed by atoms with Crippen LogP contribution in [0.1, 0.15) is 32.4 Å². The molecule has 2 N–H and O–H groups in total. The predicted molar refractivity (Wildman–Crippen MR) is 119 cm³/mol. The molecule has 0 aliphatic rings. The van der Waals surface area contributed by atoms with Gasteiger partial charge < -0.3 is 10.6 Å². The lowest BCUT2D eigenvalue weighted by Gasteiger charge is -2.21. The highest BCUT2D eigenvalue weighted by atomic mass is 79.9. The first kappa shape index (κ1) is 21.7. The van der Waals surface area contributed by atoms with Crippen molar-refractivity contribution in [3.05, 3.63) is 109 Å². The highest BCUT2D eigenvalue weighted by molar-refractivity contribution is 9.10. The zero-order valence-electron chi connectivity index (χ0n) is 15.3. The number of non-ortho nitro benzene ring substituents is 1. The van der Waals surface area contributed by atoms with Gasteiger partial charge in [-0.1, -0.05) is 31.9 Å². The van der Waals surface area contributed by atoms with Crippen LogP contribution in [0.3, 0.4) is 0 Å². The van der Waals surface area contributed by atoms with E-state index in [0.29, 0.717) is 16.7 Å². The first-order valence-electron chi connectivity index (χ1n) is 8.71. The lowest BCUT2D eigenvalue weighted by atomic mass is 10.1. The monoisotopic (exact) mass is 531 g/mol. The van der Waals surface area contributed by atoms with Crippen molar-refractivity contribution in [2.24, 2.45) is 0 Å². The largest absolute Gasteiger partial charge is 0.328 e. The van der Waals surface area contributed by atoms with Gasteiger partial charge in [0.05, 0.1) is 4.92 Å². The van der Waals surface area contributed by atoms with E-state index in [1.165, 1.54) is 24.3 Å². The molecule has 0 heterocycles. The van der Waals surface area contributed by atoms with E-state index < -0.39 is 22.9 Å². The molecule has 30 heavy (non-hydrogen) atoms. The molecule has 0 fully saturated rings. The minimum absolute atomic E-state index is 0.0871. The third-order valence-electron chi connectivity index (χ3n) is 4.20. The summed E-state index contributed by atoms with van der Waals surface area (Å²) >= 11 is 6.63. The average molecular weight is 533 g/mol. The van der Waals surface area contributed by atoms with Gasteiger partial charge >= 0.3 is 0 Å². The number of carbonyl (C=O) groups is 2. The second kappa shape index (κ2) is 9.64. The third kappa shape index (κ3) is 5.52. The Hall–Kier alpha value is -3.04. The van der Waals surface area contributed by atoms with E-state index in [0.717, 1.165) is 8.95 Å². The molecule has 152 valence electrons. The van der Waals surface area contributed by atoms with Crippen LogP contribution in [0.2, 0.25) is 0 Å². The SMILES string of the molecule is O=C(NC(NC(=O)c1ccc(Br)cc1)c1ccc([N+](=O)[O-])cc1)c1ccc(Br)cc1. The number of hydrogen-bond donors (Lipinski definition) is 2. The number of rotatable bonds is 6. The van der Waals surface area contributed by atoms with Crippen molar-refractivity contribution < 1.29 is 14.5 Å². The summed E-state index contributed by atoms with van der Waals surface area (Å²) in [4.78, 5) is 35.8. The Labute approximate surface area is 188 Å². The van der Waals surface area contributed by atoms with Crippen molar-refractivity contribution in [1.29, 1.82) is 0 Å². The molecule has 0 saturated carbocycles. The topological polar surface area (TPSA) is 101 Å². The summed E-state index contributed by atoms with van der Waals surface area (Å²) in [6, 6.07) is 19.1. The van der Waals surface area contributed by atoms with Gasteiger partial charge in [0.2, 0.25) is 0 Å². The molecular formula is C21H15Br2N3O4. The molecule has 0 saturated heterocycles. The van der Waals surface area contributed by atoms with E-state index in [1.807, 2.05) is 0 Å². The van der Waals surface area contributed by atoms with E-state index in [2.05, 4.69) is 42.5 Å². The van der Waals surface area contributed by atoms with E-state index in [4.69, 9.17) is 0 Å². The van der Waals surface area contributed by atoms with Gasteiger partial charge in [-0.05, 0) is 66.2 Å². The second-order valence-electron chi connectivity index (χ2n) is 6.24. The zero-order chi connectivity index (χ0) is 21.7. The Morgan fingerprint density at radius 1 is 0.733 bits per heavy atom. The van der Waals surface area contributed by atoms with Crippen molar-refractivity contribution in [1.82, 2.24) is 10.6 Å². The number of amides is 2. The number of nitrogens with zero attached hydrogens (tertiary/aromatic N) is 1. The van der Waals surface area contributed by atoms with Gasteiger partial charge in [0, 0.05) is 32.2 Å². The Kier molecular flexibility index (Phi) is 6.96. The molecule has 0 bridgehead atoms. The predicted octanol–water partition coefficient (Wildman–Crippen LogP) is 4.98. The summed E-state index contributed by atoms with van der Waals surface area (Å²) in [5.74, 6) is -0.802. The van der Waals surface area contributed by atoms with Crippen molar-refractivity contribution in [3.63, 3.8) is 0 Å². The first-order chi connectivity index (χ1) is 14.3. The highest BCUT2D eigenvalue weighted by Crippen LogP contribution is 2.19. The van der Waals surface area contributed by atoms with Crippen molar-refractivity contribution in [3.8, 4) is 0 Å². The van der Waals surface area contributed by atoms with Gasteiger partial charge in [-0.15, -0.1) is 0 Å². The fourth-order valence-electron chi connectivity index (χ4n) is 2.62. The number of nitro groups is 1. The number of halogens is 2. The number of nitro benzene ring substituents is 1. The van der Waals surface area contributed by atoms with Crippen LogP contribution in [-0.2, 0) is 0 Å². The van der Waals surface area contributed by atoms with Crippen molar-refractivity contribution >= 4 is 49.4 Å². The molecule has 9 heteroatoms. The summed E-state index contributed by atoms with van der Waals surface area (Å²) in [6.07, 6.45) is -0.891. The quantitative estimate of drug-likeness (QED) is 0.265. The standard InChI is InChI=1S/C21H15Br2N3O4/c22-16-7-1-14(2-8-16)20(27)24-19(13-5-11-18(12-6-13)26(29)30)25-21(28)15-3-9-17(23)10-4-15/h1-12,19H,(H,24,27)(H,25,28). The van der Waals surface area contributed by atoms with Crippen LogP contribution in [0.15, 0.2) is 81.7 Å². The molecule has 0 spiro atoms. The van der Waals surface area contributed by atoms with Crippen molar-refractivity contribution in [2.75, 3.05) is 0 Å². The Morgan fingerprint density at radius 3 is 1.50 bits per heavy atom. The van der Waals surface area contributed by atoms with Gasteiger partial charge in [0.15, 0.2) is 0 Å². The van der Waals surface area contributed by atoms with E-state index in [-0.39, 0.29) is 5.69 Å². The molecule has 0 aliphatic carbocycles. The maximum Gasteiger partial charge on any atom is 0.269 e. The molecule has 0 radical (unpaired) electrons. The minimum atomic E-state index is -0.891. The van der Waals surface area contributed by atoms with Gasteiger partial charge in [-0.3, -0.25) is 19.7 Å². The zero-order valence-corrected chi connectivity index (χ0v) is 18.5. The number of nitrogens with one attached hydrogen (secondary N) is 2. The lowest BCUT2D eigenvalue weighted by molar-refractivity contribution is -0.384. The summed E-state index contributed by atoms with van der Waals surface area (Å²) < 4.78 is 1.66. The Morgan fingerprint density at radius 2 is 1.13 bits per heavy atom. The fraction of sp³-hybridized carbons (Fsp3) is 0.0476. The summed E-state index contributed by atoms with van der Waals surface area (Å²) in [5.41, 5.74) is 1.22. The van der Waals surface area contributed by atoms with Crippen LogP contribution in [0, 0.1) is 10.1 Å². The van der Waals surface area contributed by atoms with E-state index >= 15 is 0 Å². The summed E-state index contributed by atoms with van der Waals surface area (Å²) in [5, 5.41) is 16.5. The first-order valence-corrected chi connectivity index (χ1v) is 10.3. The molecule has 3 aromatic rings. The maximum atomic E-state index is 12.7. The van der Waals surface area contributed by atoms with Crippen LogP contribution < -0.4 is 10.6 Å². The Balaban J connectivity index is 1.86. The molecule has 0 atom stereocenters. The second-order valence-corrected chi connectivity index (χ2v) is 8.07. The molecule has 0 aliphatic heterocycles. The Bertz CT molecular complexity index is 1010. The van der Waals surface area contributed by atoms with Crippen LogP contribution >= 0.6 is 31.9 Å². The molecule has 0 aromatic heterocycles. The molecule has 7 nitrogen and oxygen atoms in total. The minimum Gasteiger partial charge on any atom is -0.328 e. The summed E-state index contributed by atoms with van der Waals surface area (Å²) in [6.45, 7) is 0. The van der Waals surface area contributed by atoms with Gasteiger partial charge in [0.1, 0.15) is 6.17 Å². The fourth-order valence-corrected chi connectivity index (χ4v) is 3.15. The van der Waals surface area contributed by atoms with E-state index in [1.54, 1.807) is 48.5 Å². The third-order valence-corrected chi connectivity index (χ3v) is 5.26. The van der Waals surface area contributed by atoms with Crippen LogP contribution in [0.5, 0.6) is 0 Å². The number of benzene rings is 3. The normalized spacial score (nSPS) is 10.5. The maximum absolute atomic E-state index is 12.7. The van der Waals surface area contributed by atoms with Crippen LogP contribution in [-0.4, -0.2) is 16.7 Å². The highest BCUT2D eigenvalue weighted by Gasteiger charge is 2.20. The average Bonchev–Trinajstić information content (AvgIpc) is 2.74. The van der Waals surface area contributed by atoms with Gasteiger partial charge in [0.25, 0.3) is 17.5 Å². The van der Waals surface area contributed by atoms with Crippen LogP contribution in [0.25, 0.3) is 0 Å². The number of carbonyl (C=O) groups excluding carboxylic acids is 2. The molecule has 3 rings (SSSR count). The molecule has 0 unspecified atom stereocenters. The van der Waals surface area contributed by atoms with Gasteiger partial charge in [-0.2, -0.15) is 0 Å².